The monoisotopic (exact) mass is 342 g/mol. The predicted molar refractivity (Wildman–Crippen MR) is 88.9 cm³/mol. The molecule has 24 heavy (non-hydrogen) atoms. The zero-order chi connectivity index (χ0) is 17.2. The highest BCUT2D eigenvalue weighted by Crippen LogP contribution is 2.24. The van der Waals surface area contributed by atoms with Crippen LogP contribution in [0.25, 0.3) is 10.8 Å². The summed E-state index contributed by atoms with van der Waals surface area (Å²) in [6, 6.07) is 13.2. The van der Waals surface area contributed by atoms with Crippen molar-refractivity contribution in [3.8, 4) is 0 Å². The number of hydrogen-bond acceptors (Lipinski definition) is 4. The number of rotatable bonds is 5. The van der Waals surface area contributed by atoms with E-state index in [0.717, 1.165) is 0 Å². The molecule has 6 nitrogen and oxygen atoms in total. The Bertz CT molecular complexity index is 982. The van der Waals surface area contributed by atoms with Crippen molar-refractivity contribution in [2.45, 2.75) is 10.9 Å². The average molecular weight is 342 g/mol. The van der Waals surface area contributed by atoms with Gasteiger partial charge in [-0.2, -0.15) is 4.72 Å². The third-order valence-electron chi connectivity index (χ3n) is 3.58. The van der Waals surface area contributed by atoms with Crippen LogP contribution in [-0.2, 0) is 14.8 Å². The fourth-order valence-corrected chi connectivity index (χ4v) is 3.86. The number of benzene rings is 2. The average Bonchev–Trinajstić information content (AvgIpc) is 2.60. The Hall–Kier alpha value is -2.77. The fraction of sp³-hybridized carbons (Fsp3) is 0.0588. The van der Waals surface area contributed by atoms with Crippen LogP contribution in [0.1, 0.15) is 11.6 Å². The van der Waals surface area contributed by atoms with Crippen LogP contribution < -0.4 is 4.72 Å². The molecule has 1 aromatic heterocycles. The Morgan fingerprint density at radius 1 is 1.04 bits per heavy atom. The zero-order valence-corrected chi connectivity index (χ0v) is 13.3. The minimum Gasteiger partial charge on any atom is -0.480 e. The van der Waals surface area contributed by atoms with Crippen molar-refractivity contribution >= 4 is 26.8 Å². The molecule has 0 saturated carbocycles. The standard InChI is InChI=1S/C17H14N2O4S/c20-17(21)16(12-5-2-1-3-6-12)19-24(22,23)15-8-4-7-13-11-18-10-9-14(13)15/h1-11,16,19H,(H,20,21)/t16-/m0/s1. The maximum absolute atomic E-state index is 12.7. The van der Waals surface area contributed by atoms with Crippen molar-refractivity contribution in [2.75, 3.05) is 0 Å². The summed E-state index contributed by atoms with van der Waals surface area (Å²) in [6.45, 7) is 0. The summed E-state index contributed by atoms with van der Waals surface area (Å²) in [5.41, 5.74) is 0.357. The molecule has 122 valence electrons. The molecule has 2 aromatic carbocycles. The van der Waals surface area contributed by atoms with Gasteiger partial charge in [0, 0.05) is 23.2 Å². The molecule has 0 bridgehead atoms. The van der Waals surface area contributed by atoms with Gasteiger partial charge in [0.1, 0.15) is 6.04 Å². The van der Waals surface area contributed by atoms with E-state index in [4.69, 9.17) is 0 Å². The zero-order valence-electron chi connectivity index (χ0n) is 12.5. The molecule has 7 heteroatoms. The number of carboxylic acids is 1. The van der Waals surface area contributed by atoms with Crippen LogP contribution in [0.2, 0.25) is 0 Å². The first-order valence-corrected chi connectivity index (χ1v) is 8.60. The van der Waals surface area contributed by atoms with Gasteiger partial charge in [0.05, 0.1) is 4.90 Å². The normalized spacial score (nSPS) is 12.8. The van der Waals surface area contributed by atoms with Gasteiger partial charge >= 0.3 is 5.97 Å². The lowest BCUT2D eigenvalue weighted by molar-refractivity contribution is -0.139. The van der Waals surface area contributed by atoms with E-state index in [1.54, 1.807) is 54.7 Å². The van der Waals surface area contributed by atoms with Crippen LogP contribution in [0.5, 0.6) is 0 Å². The first-order chi connectivity index (χ1) is 11.5. The van der Waals surface area contributed by atoms with Gasteiger partial charge in [-0.05, 0) is 17.7 Å². The molecule has 0 aliphatic rings. The molecule has 0 spiro atoms. The molecule has 0 amide bonds. The molecule has 3 aromatic rings. The minimum absolute atomic E-state index is 0.0181. The number of fused-ring (bicyclic) bond motifs is 1. The van der Waals surface area contributed by atoms with Crippen LogP contribution in [0, 0.1) is 0 Å². The lowest BCUT2D eigenvalue weighted by atomic mass is 10.1. The van der Waals surface area contributed by atoms with Gasteiger partial charge in [-0.3, -0.25) is 9.78 Å². The molecular formula is C17H14N2O4S. The second kappa shape index (κ2) is 6.38. The van der Waals surface area contributed by atoms with Gasteiger partial charge in [-0.15, -0.1) is 0 Å². The second-order valence-corrected chi connectivity index (χ2v) is 6.84. The van der Waals surface area contributed by atoms with Crippen LogP contribution in [0.4, 0.5) is 0 Å². The predicted octanol–water partition coefficient (Wildman–Crippen LogP) is 2.34. The topological polar surface area (TPSA) is 96.4 Å². The van der Waals surface area contributed by atoms with Crippen LogP contribution in [0.15, 0.2) is 71.9 Å². The van der Waals surface area contributed by atoms with Crippen molar-refractivity contribution < 1.29 is 18.3 Å². The number of aliphatic carboxylic acids is 1. The van der Waals surface area contributed by atoms with Crippen molar-refractivity contribution in [3.05, 3.63) is 72.6 Å². The molecule has 0 unspecified atom stereocenters. The number of pyridine rings is 1. The number of aromatic nitrogens is 1. The molecule has 2 N–H and O–H groups in total. The molecule has 0 aliphatic carbocycles. The number of carboxylic acid groups (broad SMARTS) is 1. The summed E-state index contributed by atoms with van der Waals surface area (Å²) in [6.07, 6.45) is 3.05. The highest BCUT2D eigenvalue weighted by molar-refractivity contribution is 7.89. The maximum atomic E-state index is 12.7. The Morgan fingerprint density at radius 2 is 1.79 bits per heavy atom. The molecular weight excluding hydrogens is 328 g/mol. The van der Waals surface area contributed by atoms with Gasteiger partial charge in [0.2, 0.25) is 10.0 Å². The van der Waals surface area contributed by atoms with E-state index in [9.17, 15) is 18.3 Å². The van der Waals surface area contributed by atoms with Crippen molar-refractivity contribution in [2.24, 2.45) is 0 Å². The smallest absolute Gasteiger partial charge is 0.326 e. The van der Waals surface area contributed by atoms with E-state index in [-0.39, 0.29) is 4.90 Å². The first-order valence-electron chi connectivity index (χ1n) is 7.12. The molecule has 3 rings (SSSR count). The van der Waals surface area contributed by atoms with Gasteiger partial charge < -0.3 is 5.11 Å². The first kappa shape index (κ1) is 16.1. The third-order valence-corrected chi connectivity index (χ3v) is 5.06. The summed E-state index contributed by atoms with van der Waals surface area (Å²) >= 11 is 0. The summed E-state index contributed by atoms with van der Waals surface area (Å²) in [7, 11) is -4.04. The number of hydrogen-bond donors (Lipinski definition) is 2. The Kier molecular flexibility index (Phi) is 4.28. The van der Waals surface area contributed by atoms with Crippen LogP contribution >= 0.6 is 0 Å². The highest BCUT2D eigenvalue weighted by atomic mass is 32.2. The number of nitrogens with one attached hydrogen (secondary N) is 1. The number of sulfonamides is 1. The lowest BCUT2D eigenvalue weighted by Gasteiger charge is -2.16. The summed E-state index contributed by atoms with van der Waals surface area (Å²) in [5.74, 6) is -1.27. The highest BCUT2D eigenvalue weighted by Gasteiger charge is 2.27. The second-order valence-electron chi connectivity index (χ2n) is 5.16. The van der Waals surface area contributed by atoms with Gasteiger partial charge in [0.15, 0.2) is 0 Å². The maximum Gasteiger partial charge on any atom is 0.326 e. The molecule has 1 atom stereocenters. The Balaban J connectivity index is 2.05. The van der Waals surface area contributed by atoms with Crippen molar-refractivity contribution in [1.29, 1.82) is 0 Å². The summed E-state index contributed by atoms with van der Waals surface area (Å²) in [4.78, 5) is 15.5. The molecule has 0 radical (unpaired) electrons. The molecule has 0 fully saturated rings. The van der Waals surface area contributed by atoms with E-state index < -0.39 is 22.0 Å². The van der Waals surface area contributed by atoms with Gasteiger partial charge in [-0.1, -0.05) is 42.5 Å². The lowest BCUT2D eigenvalue weighted by Crippen LogP contribution is -2.33. The van der Waals surface area contributed by atoms with E-state index in [1.807, 2.05) is 0 Å². The molecule has 1 heterocycles. The largest absolute Gasteiger partial charge is 0.480 e. The van der Waals surface area contributed by atoms with Gasteiger partial charge in [-0.25, -0.2) is 8.42 Å². The summed E-state index contributed by atoms with van der Waals surface area (Å²) < 4.78 is 27.7. The number of carbonyl (C=O) groups is 1. The fourth-order valence-electron chi connectivity index (χ4n) is 2.45. The van der Waals surface area contributed by atoms with E-state index >= 15 is 0 Å². The Morgan fingerprint density at radius 3 is 2.50 bits per heavy atom. The van der Waals surface area contributed by atoms with Crippen LogP contribution in [0.3, 0.4) is 0 Å². The van der Waals surface area contributed by atoms with Crippen molar-refractivity contribution in [1.82, 2.24) is 9.71 Å². The van der Waals surface area contributed by atoms with Crippen LogP contribution in [-0.4, -0.2) is 24.5 Å². The quantitative estimate of drug-likeness (QED) is 0.742. The summed E-state index contributed by atoms with van der Waals surface area (Å²) in [5, 5.41) is 10.6. The molecule has 0 saturated heterocycles. The third kappa shape index (κ3) is 3.12. The van der Waals surface area contributed by atoms with E-state index in [1.165, 1.54) is 12.3 Å². The SMILES string of the molecule is O=C(O)[C@@H](NS(=O)(=O)c1cccc2cnccc12)c1ccccc1. The van der Waals surface area contributed by atoms with E-state index in [0.29, 0.717) is 16.3 Å². The minimum atomic E-state index is -4.04. The number of nitrogens with zero attached hydrogens (tertiary/aromatic N) is 1. The Labute approximate surface area is 138 Å². The van der Waals surface area contributed by atoms with Gasteiger partial charge in [0.25, 0.3) is 0 Å². The van der Waals surface area contributed by atoms with Crippen molar-refractivity contribution in [3.63, 3.8) is 0 Å². The van der Waals surface area contributed by atoms with E-state index in [2.05, 4.69) is 9.71 Å². The molecule has 0 aliphatic heterocycles.